The number of hydrogen-bond donors (Lipinski definition) is 1. The molecule has 1 saturated heterocycles. The number of aliphatic hydroxyl groups is 1. The van der Waals surface area contributed by atoms with Gasteiger partial charge in [-0.15, -0.1) is 0 Å². The minimum absolute atomic E-state index is 0.329. The third kappa shape index (κ3) is 1.43. The van der Waals surface area contributed by atoms with E-state index in [1.807, 2.05) is 18.2 Å². The molecule has 3 rings (SSSR count). The molecule has 0 aromatic heterocycles. The van der Waals surface area contributed by atoms with Crippen LogP contribution in [0.5, 0.6) is 0 Å². The zero-order valence-electron chi connectivity index (χ0n) is 8.60. The summed E-state index contributed by atoms with van der Waals surface area (Å²) in [5.74, 6) is 0. The number of para-hydroxylation sites is 1. The fourth-order valence-corrected chi connectivity index (χ4v) is 2.58. The summed E-state index contributed by atoms with van der Waals surface area (Å²) < 4.78 is 5.45. The highest BCUT2D eigenvalue weighted by molar-refractivity contribution is 5.57. The number of rotatable bonds is 0. The SMILES string of the molecule is OC1CC2COCCN2c2ccccc21. The summed E-state index contributed by atoms with van der Waals surface area (Å²) in [5, 5.41) is 10.0. The molecule has 0 aliphatic carbocycles. The number of fused-ring (bicyclic) bond motifs is 3. The number of ether oxygens (including phenoxy) is 1. The molecule has 1 N–H and O–H groups in total. The van der Waals surface area contributed by atoms with Crippen molar-refractivity contribution >= 4 is 5.69 Å². The van der Waals surface area contributed by atoms with Gasteiger partial charge in [0.25, 0.3) is 0 Å². The van der Waals surface area contributed by atoms with Crippen LogP contribution >= 0.6 is 0 Å². The van der Waals surface area contributed by atoms with Crippen molar-refractivity contribution in [3.63, 3.8) is 0 Å². The number of morpholine rings is 1. The molecule has 0 bridgehead atoms. The van der Waals surface area contributed by atoms with Gasteiger partial charge in [0.2, 0.25) is 0 Å². The van der Waals surface area contributed by atoms with E-state index in [4.69, 9.17) is 4.74 Å². The first-order valence-electron chi connectivity index (χ1n) is 5.47. The van der Waals surface area contributed by atoms with Gasteiger partial charge in [-0.2, -0.15) is 0 Å². The number of benzene rings is 1. The van der Waals surface area contributed by atoms with Crippen LogP contribution in [0.25, 0.3) is 0 Å². The molecule has 1 aromatic carbocycles. The lowest BCUT2D eigenvalue weighted by atomic mass is 9.93. The zero-order valence-corrected chi connectivity index (χ0v) is 8.60. The summed E-state index contributed by atoms with van der Waals surface area (Å²) in [4.78, 5) is 2.37. The molecular weight excluding hydrogens is 190 g/mol. The maximum absolute atomic E-state index is 10.0. The van der Waals surface area contributed by atoms with E-state index in [0.717, 1.165) is 31.7 Å². The molecule has 2 heterocycles. The number of hydrogen-bond acceptors (Lipinski definition) is 3. The predicted molar refractivity (Wildman–Crippen MR) is 58.0 cm³/mol. The van der Waals surface area contributed by atoms with Crippen molar-refractivity contribution in [2.45, 2.75) is 18.6 Å². The van der Waals surface area contributed by atoms with Crippen LogP contribution in [0.2, 0.25) is 0 Å². The Morgan fingerprint density at radius 1 is 1.33 bits per heavy atom. The van der Waals surface area contributed by atoms with Crippen molar-refractivity contribution in [3.8, 4) is 0 Å². The molecule has 3 heteroatoms. The van der Waals surface area contributed by atoms with Crippen LogP contribution in [0.4, 0.5) is 5.69 Å². The lowest BCUT2D eigenvalue weighted by molar-refractivity contribution is 0.0611. The molecule has 1 fully saturated rings. The quantitative estimate of drug-likeness (QED) is 0.693. The molecular formula is C12H15NO2. The lowest BCUT2D eigenvalue weighted by Gasteiger charge is -2.43. The Morgan fingerprint density at radius 2 is 2.20 bits per heavy atom. The molecule has 0 amide bonds. The first kappa shape index (κ1) is 9.19. The van der Waals surface area contributed by atoms with Gasteiger partial charge in [-0.05, 0) is 6.07 Å². The second-order valence-electron chi connectivity index (χ2n) is 4.23. The van der Waals surface area contributed by atoms with Crippen molar-refractivity contribution in [2.24, 2.45) is 0 Å². The third-order valence-electron chi connectivity index (χ3n) is 3.33. The number of nitrogens with zero attached hydrogens (tertiary/aromatic N) is 1. The average molecular weight is 205 g/mol. The highest BCUT2D eigenvalue weighted by atomic mass is 16.5. The Kier molecular flexibility index (Phi) is 2.15. The first-order chi connectivity index (χ1) is 7.36. The summed E-state index contributed by atoms with van der Waals surface area (Å²) in [7, 11) is 0. The Morgan fingerprint density at radius 3 is 3.13 bits per heavy atom. The monoisotopic (exact) mass is 205 g/mol. The topological polar surface area (TPSA) is 32.7 Å². The van der Waals surface area contributed by atoms with E-state index in [-0.39, 0.29) is 6.10 Å². The minimum atomic E-state index is -0.329. The molecule has 0 saturated carbocycles. The molecule has 15 heavy (non-hydrogen) atoms. The Hall–Kier alpha value is -1.06. The van der Waals surface area contributed by atoms with Crippen molar-refractivity contribution in [1.82, 2.24) is 0 Å². The summed E-state index contributed by atoms with van der Waals surface area (Å²) in [6.07, 6.45) is 0.459. The van der Waals surface area contributed by atoms with Crippen LogP contribution in [0.15, 0.2) is 24.3 Å². The third-order valence-corrected chi connectivity index (χ3v) is 3.33. The second-order valence-corrected chi connectivity index (χ2v) is 4.23. The molecule has 3 nitrogen and oxygen atoms in total. The zero-order chi connectivity index (χ0) is 10.3. The predicted octanol–water partition coefficient (Wildman–Crippen LogP) is 1.33. The van der Waals surface area contributed by atoms with Crippen molar-refractivity contribution in [1.29, 1.82) is 0 Å². The van der Waals surface area contributed by atoms with E-state index in [2.05, 4.69) is 11.0 Å². The highest BCUT2D eigenvalue weighted by Crippen LogP contribution is 2.37. The van der Waals surface area contributed by atoms with Crippen LogP contribution in [-0.2, 0) is 4.74 Å². The molecule has 2 aliphatic rings. The van der Waals surface area contributed by atoms with E-state index in [1.54, 1.807) is 0 Å². The summed E-state index contributed by atoms with van der Waals surface area (Å²) in [5.41, 5.74) is 2.25. The maximum Gasteiger partial charge on any atom is 0.0830 e. The van der Waals surface area contributed by atoms with Crippen molar-refractivity contribution in [2.75, 3.05) is 24.7 Å². The molecule has 2 aliphatic heterocycles. The maximum atomic E-state index is 10.0. The van der Waals surface area contributed by atoms with E-state index < -0.39 is 0 Å². The summed E-state index contributed by atoms with van der Waals surface area (Å²) in [6, 6.07) is 8.48. The average Bonchev–Trinajstić information content (AvgIpc) is 2.30. The second kappa shape index (κ2) is 3.51. The van der Waals surface area contributed by atoms with Gasteiger partial charge in [-0.1, -0.05) is 18.2 Å². The van der Waals surface area contributed by atoms with Gasteiger partial charge in [-0.3, -0.25) is 0 Å². The molecule has 0 spiro atoms. The molecule has 80 valence electrons. The fourth-order valence-electron chi connectivity index (χ4n) is 2.58. The standard InChI is InChI=1S/C12H15NO2/c14-12-7-9-8-15-6-5-13(9)11-4-2-1-3-10(11)12/h1-4,9,12,14H,5-8H2. The normalized spacial score (nSPS) is 29.5. The van der Waals surface area contributed by atoms with Gasteiger partial charge in [0.05, 0.1) is 25.4 Å². The van der Waals surface area contributed by atoms with E-state index >= 15 is 0 Å². The van der Waals surface area contributed by atoms with E-state index in [9.17, 15) is 5.11 Å². The highest BCUT2D eigenvalue weighted by Gasteiger charge is 2.33. The Labute approximate surface area is 89.3 Å². The molecule has 2 atom stereocenters. The van der Waals surface area contributed by atoms with Crippen LogP contribution < -0.4 is 4.90 Å². The molecule has 2 unspecified atom stereocenters. The van der Waals surface area contributed by atoms with Crippen LogP contribution in [-0.4, -0.2) is 30.9 Å². The van der Waals surface area contributed by atoms with Crippen LogP contribution in [0.1, 0.15) is 18.1 Å². The number of anilines is 1. The van der Waals surface area contributed by atoms with Gasteiger partial charge < -0.3 is 14.7 Å². The van der Waals surface area contributed by atoms with Gasteiger partial charge in [0.1, 0.15) is 0 Å². The summed E-state index contributed by atoms with van der Waals surface area (Å²) in [6.45, 7) is 2.47. The van der Waals surface area contributed by atoms with Crippen molar-refractivity contribution in [3.05, 3.63) is 29.8 Å². The van der Waals surface area contributed by atoms with Crippen LogP contribution in [0, 0.1) is 0 Å². The fraction of sp³-hybridized carbons (Fsp3) is 0.500. The van der Waals surface area contributed by atoms with Gasteiger partial charge >= 0.3 is 0 Å². The largest absolute Gasteiger partial charge is 0.388 e. The van der Waals surface area contributed by atoms with Gasteiger partial charge in [-0.25, -0.2) is 0 Å². The van der Waals surface area contributed by atoms with Gasteiger partial charge in [0, 0.05) is 24.2 Å². The number of aliphatic hydroxyl groups excluding tert-OH is 1. The lowest BCUT2D eigenvalue weighted by Crippen LogP contribution is -2.49. The molecule has 1 aromatic rings. The van der Waals surface area contributed by atoms with E-state index in [0.29, 0.717) is 6.04 Å². The van der Waals surface area contributed by atoms with E-state index in [1.165, 1.54) is 5.69 Å². The Bertz CT molecular complexity index is 366. The van der Waals surface area contributed by atoms with Crippen LogP contribution in [0.3, 0.4) is 0 Å². The minimum Gasteiger partial charge on any atom is -0.388 e. The molecule has 0 radical (unpaired) electrons. The first-order valence-corrected chi connectivity index (χ1v) is 5.47. The smallest absolute Gasteiger partial charge is 0.0830 e. The Balaban J connectivity index is 2.03. The summed E-state index contributed by atoms with van der Waals surface area (Å²) >= 11 is 0. The van der Waals surface area contributed by atoms with Crippen molar-refractivity contribution < 1.29 is 9.84 Å². The van der Waals surface area contributed by atoms with Gasteiger partial charge in [0.15, 0.2) is 0 Å².